The van der Waals surface area contributed by atoms with Crippen molar-refractivity contribution < 1.29 is 0 Å². The van der Waals surface area contributed by atoms with Crippen LogP contribution < -0.4 is 0 Å². The van der Waals surface area contributed by atoms with Crippen LogP contribution in [0, 0.1) is 0 Å². The molecule has 0 bridgehead atoms. The summed E-state index contributed by atoms with van der Waals surface area (Å²) in [5.74, 6) is 0. The van der Waals surface area contributed by atoms with Crippen molar-refractivity contribution in [3.8, 4) is 16.8 Å². The van der Waals surface area contributed by atoms with E-state index in [0.29, 0.717) is 0 Å². The normalized spacial score (nSPS) is 11.0. The number of benzene rings is 2. The number of fused-ring (bicyclic) bond motifs is 1. The molecule has 0 aliphatic heterocycles. The second-order valence-electron chi connectivity index (χ2n) is 4.91. The molecular weight excluding hydrogens is 340 g/mol. The molecule has 0 N–H and O–H groups in total. The Hall–Kier alpha value is -2.53. The van der Waals surface area contributed by atoms with Gasteiger partial charge < -0.3 is 0 Å². The highest BCUT2D eigenvalue weighted by atomic mass is 79.9. The Morgan fingerprint density at radius 2 is 1.68 bits per heavy atom. The minimum atomic E-state index is 0.862. The van der Waals surface area contributed by atoms with Gasteiger partial charge in [-0.1, -0.05) is 34.1 Å². The second-order valence-corrected chi connectivity index (χ2v) is 5.83. The van der Waals surface area contributed by atoms with Crippen molar-refractivity contribution in [2.24, 2.45) is 0 Å². The fourth-order valence-electron chi connectivity index (χ4n) is 2.35. The summed E-state index contributed by atoms with van der Waals surface area (Å²) >= 11 is 3.46. The van der Waals surface area contributed by atoms with Gasteiger partial charge in [0.2, 0.25) is 0 Å². The smallest absolute Gasteiger partial charge is 0.114 e. The first-order chi connectivity index (χ1) is 10.8. The minimum Gasteiger partial charge on any atom is -0.264 e. The van der Waals surface area contributed by atoms with Gasteiger partial charge in [-0.15, -0.1) is 10.2 Å². The SMILES string of the molecule is Brc1ccc2nn(-c3cccc(-c4cccnc4)c3)nc2c1. The van der Waals surface area contributed by atoms with Gasteiger partial charge in [0.1, 0.15) is 11.0 Å². The van der Waals surface area contributed by atoms with Crippen molar-refractivity contribution in [1.82, 2.24) is 20.0 Å². The maximum atomic E-state index is 4.54. The first-order valence-corrected chi connectivity index (χ1v) is 7.62. The lowest BCUT2D eigenvalue weighted by Gasteiger charge is -2.04. The molecular formula is C17H11BrN4. The number of nitrogens with zero attached hydrogens (tertiary/aromatic N) is 4. The zero-order valence-corrected chi connectivity index (χ0v) is 13.1. The predicted octanol–water partition coefficient (Wildman–Crippen LogP) is 4.25. The second kappa shape index (κ2) is 5.35. The maximum absolute atomic E-state index is 4.54. The van der Waals surface area contributed by atoms with Gasteiger partial charge in [-0.25, -0.2) is 0 Å². The Bertz CT molecular complexity index is 947. The number of hydrogen-bond acceptors (Lipinski definition) is 3. The number of aromatic nitrogens is 4. The van der Waals surface area contributed by atoms with Crippen LogP contribution in [0.4, 0.5) is 0 Å². The maximum Gasteiger partial charge on any atom is 0.114 e. The molecule has 0 amide bonds. The largest absolute Gasteiger partial charge is 0.264 e. The van der Waals surface area contributed by atoms with E-state index in [1.807, 2.05) is 48.7 Å². The molecule has 0 spiro atoms. The standard InChI is InChI=1S/C17H11BrN4/c18-14-6-7-16-17(10-14)21-22(20-16)15-5-1-3-12(9-15)13-4-2-8-19-11-13/h1-11H. The van der Waals surface area contributed by atoms with E-state index in [0.717, 1.165) is 32.3 Å². The van der Waals surface area contributed by atoms with Gasteiger partial charge in [0.15, 0.2) is 0 Å². The molecule has 0 fully saturated rings. The third-order valence-corrected chi connectivity index (χ3v) is 3.91. The highest BCUT2D eigenvalue weighted by molar-refractivity contribution is 9.10. The third kappa shape index (κ3) is 2.40. The molecule has 106 valence electrons. The van der Waals surface area contributed by atoms with E-state index in [2.05, 4.69) is 43.2 Å². The molecule has 0 unspecified atom stereocenters. The van der Waals surface area contributed by atoms with Gasteiger partial charge in [-0.05, 0) is 42.0 Å². The molecule has 2 aromatic heterocycles. The lowest BCUT2D eigenvalue weighted by Crippen LogP contribution is -1.98. The fourth-order valence-corrected chi connectivity index (χ4v) is 2.70. The minimum absolute atomic E-state index is 0.862. The van der Waals surface area contributed by atoms with Crippen LogP contribution in [0.5, 0.6) is 0 Å². The van der Waals surface area contributed by atoms with Crippen LogP contribution in [-0.2, 0) is 0 Å². The van der Waals surface area contributed by atoms with Crippen LogP contribution in [0.1, 0.15) is 0 Å². The Labute approximate surface area is 135 Å². The fraction of sp³-hybridized carbons (Fsp3) is 0. The first kappa shape index (κ1) is 13.2. The van der Waals surface area contributed by atoms with E-state index in [1.165, 1.54) is 0 Å². The third-order valence-electron chi connectivity index (χ3n) is 3.41. The molecule has 4 nitrogen and oxygen atoms in total. The Balaban J connectivity index is 1.81. The van der Waals surface area contributed by atoms with Gasteiger partial charge in [-0.3, -0.25) is 4.98 Å². The van der Waals surface area contributed by atoms with E-state index in [9.17, 15) is 0 Å². The number of pyridine rings is 1. The lowest BCUT2D eigenvalue weighted by atomic mass is 10.1. The van der Waals surface area contributed by atoms with Gasteiger partial charge >= 0.3 is 0 Å². The summed E-state index contributed by atoms with van der Waals surface area (Å²) in [6.45, 7) is 0. The molecule has 4 rings (SSSR count). The summed E-state index contributed by atoms with van der Waals surface area (Å²) in [5.41, 5.74) is 4.82. The van der Waals surface area contributed by atoms with Crippen molar-refractivity contribution >= 4 is 27.0 Å². The molecule has 0 radical (unpaired) electrons. The number of rotatable bonds is 2. The number of halogens is 1. The molecule has 0 aliphatic carbocycles. The van der Waals surface area contributed by atoms with E-state index in [-0.39, 0.29) is 0 Å². The zero-order chi connectivity index (χ0) is 14.9. The molecule has 22 heavy (non-hydrogen) atoms. The predicted molar refractivity (Wildman–Crippen MR) is 89.8 cm³/mol. The Morgan fingerprint density at radius 3 is 2.55 bits per heavy atom. The average molecular weight is 351 g/mol. The van der Waals surface area contributed by atoms with Crippen LogP contribution in [0.15, 0.2) is 71.5 Å². The van der Waals surface area contributed by atoms with Crippen LogP contribution in [0.3, 0.4) is 0 Å². The average Bonchev–Trinajstić information content (AvgIpc) is 2.99. The number of hydrogen-bond donors (Lipinski definition) is 0. The van der Waals surface area contributed by atoms with Crippen molar-refractivity contribution in [2.45, 2.75) is 0 Å². The summed E-state index contributed by atoms with van der Waals surface area (Å²) in [6.07, 6.45) is 3.62. The Morgan fingerprint density at radius 1 is 0.818 bits per heavy atom. The molecule has 4 aromatic rings. The zero-order valence-electron chi connectivity index (χ0n) is 11.5. The summed E-state index contributed by atoms with van der Waals surface area (Å²) in [5, 5.41) is 9.07. The van der Waals surface area contributed by atoms with E-state index in [4.69, 9.17) is 0 Å². The summed E-state index contributed by atoms with van der Waals surface area (Å²) in [4.78, 5) is 5.83. The van der Waals surface area contributed by atoms with Gasteiger partial charge in [-0.2, -0.15) is 4.80 Å². The van der Waals surface area contributed by atoms with Crippen LogP contribution >= 0.6 is 15.9 Å². The summed E-state index contributed by atoms with van der Waals surface area (Å²) < 4.78 is 0.996. The molecule has 0 saturated carbocycles. The van der Waals surface area contributed by atoms with Gasteiger partial charge in [0, 0.05) is 22.4 Å². The van der Waals surface area contributed by atoms with Crippen molar-refractivity contribution in [3.05, 3.63) is 71.5 Å². The molecule has 0 saturated heterocycles. The van der Waals surface area contributed by atoms with E-state index in [1.54, 1.807) is 11.0 Å². The van der Waals surface area contributed by atoms with E-state index >= 15 is 0 Å². The van der Waals surface area contributed by atoms with Gasteiger partial charge in [0.25, 0.3) is 0 Å². The van der Waals surface area contributed by atoms with Crippen molar-refractivity contribution in [2.75, 3.05) is 0 Å². The monoisotopic (exact) mass is 350 g/mol. The first-order valence-electron chi connectivity index (χ1n) is 6.83. The van der Waals surface area contributed by atoms with Crippen LogP contribution in [0.2, 0.25) is 0 Å². The molecule has 2 heterocycles. The summed E-state index contributed by atoms with van der Waals surface area (Å²) in [6, 6.07) is 18.0. The highest BCUT2D eigenvalue weighted by Crippen LogP contribution is 2.22. The molecule has 0 aliphatic rings. The summed E-state index contributed by atoms with van der Waals surface area (Å²) in [7, 11) is 0. The van der Waals surface area contributed by atoms with Crippen molar-refractivity contribution in [3.63, 3.8) is 0 Å². The quantitative estimate of drug-likeness (QED) is 0.542. The van der Waals surface area contributed by atoms with E-state index < -0.39 is 0 Å². The van der Waals surface area contributed by atoms with Crippen LogP contribution in [-0.4, -0.2) is 20.0 Å². The highest BCUT2D eigenvalue weighted by Gasteiger charge is 2.06. The topological polar surface area (TPSA) is 43.6 Å². The molecule has 2 aromatic carbocycles. The lowest BCUT2D eigenvalue weighted by molar-refractivity contribution is 0.766. The molecule has 5 heteroatoms. The van der Waals surface area contributed by atoms with Gasteiger partial charge in [0.05, 0.1) is 5.69 Å². The molecule has 0 atom stereocenters. The van der Waals surface area contributed by atoms with Crippen LogP contribution in [0.25, 0.3) is 27.8 Å². The van der Waals surface area contributed by atoms with Crippen molar-refractivity contribution in [1.29, 1.82) is 0 Å². The Kier molecular flexibility index (Phi) is 3.20.